The highest BCUT2D eigenvalue weighted by Gasteiger charge is 2.47. The number of benzene rings is 1. The number of hydrogen-bond acceptors (Lipinski definition) is 3. The van der Waals surface area contributed by atoms with Gasteiger partial charge in [0.1, 0.15) is 0 Å². The first-order chi connectivity index (χ1) is 9.74. The molecular formula is C16H23NO3. The van der Waals surface area contributed by atoms with E-state index in [1.54, 1.807) is 12.0 Å². The first kappa shape index (κ1) is 15.0. The fraction of sp³-hybridized carbons (Fsp3) is 0.562. The van der Waals surface area contributed by atoms with E-state index in [4.69, 9.17) is 4.74 Å². The number of nitrogens with zero attached hydrogens (tertiary/aromatic N) is 1. The SMILES string of the molecule is COCCN(CCO)C(=O)C1(c2ccccc2)CCC1. The van der Waals surface area contributed by atoms with Crippen LogP contribution >= 0.6 is 0 Å². The minimum Gasteiger partial charge on any atom is -0.395 e. The van der Waals surface area contributed by atoms with Gasteiger partial charge in [0.25, 0.3) is 0 Å². The first-order valence-electron chi connectivity index (χ1n) is 7.19. The van der Waals surface area contributed by atoms with Crippen molar-refractivity contribution in [3.63, 3.8) is 0 Å². The van der Waals surface area contributed by atoms with Crippen LogP contribution in [0.3, 0.4) is 0 Å². The summed E-state index contributed by atoms with van der Waals surface area (Å²) in [5.41, 5.74) is 0.709. The molecule has 0 saturated heterocycles. The number of aliphatic hydroxyl groups excluding tert-OH is 1. The molecule has 1 amide bonds. The summed E-state index contributed by atoms with van der Waals surface area (Å²) in [5, 5.41) is 9.18. The van der Waals surface area contributed by atoms with Crippen LogP contribution in [0.1, 0.15) is 24.8 Å². The Morgan fingerprint density at radius 1 is 1.30 bits per heavy atom. The van der Waals surface area contributed by atoms with Crippen LogP contribution in [0.25, 0.3) is 0 Å². The van der Waals surface area contributed by atoms with Crippen molar-refractivity contribution in [3.05, 3.63) is 35.9 Å². The molecule has 0 aliphatic heterocycles. The lowest BCUT2D eigenvalue weighted by Crippen LogP contribution is -2.52. The van der Waals surface area contributed by atoms with Crippen molar-refractivity contribution < 1.29 is 14.6 Å². The molecule has 110 valence electrons. The van der Waals surface area contributed by atoms with E-state index in [2.05, 4.69) is 0 Å². The van der Waals surface area contributed by atoms with E-state index in [-0.39, 0.29) is 17.9 Å². The number of methoxy groups -OCH3 is 1. The van der Waals surface area contributed by atoms with Crippen LogP contribution in [0.2, 0.25) is 0 Å². The van der Waals surface area contributed by atoms with Gasteiger partial charge in [0.2, 0.25) is 5.91 Å². The van der Waals surface area contributed by atoms with E-state index in [0.717, 1.165) is 24.8 Å². The number of aliphatic hydroxyl groups is 1. The Hall–Kier alpha value is -1.39. The Kier molecular flexibility index (Phi) is 5.15. The molecule has 4 heteroatoms. The van der Waals surface area contributed by atoms with Gasteiger partial charge in [-0.2, -0.15) is 0 Å². The maximum Gasteiger partial charge on any atom is 0.233 e. The van der Waals surface area contributed by atoms with Crippen LogP contribution in [-0.2, 0) is 14.9 Å². The standard InChI is InChI=1S/C16H23NO3/c1-20-13-11-17(10-12-18)15(19)16(8-5-9-16)14-6-3-2-4-7-14/h2-4,6-7,18H,5,8-13H2,1H3. The quantitative estimate of drug-likeness (QED) is 0.823. The number of amides is 1. The third kappa shape index (κ3) is 2.86. The molecule has 0 radical (unpaired) electrons. The molecule has 1 saturated carbocycles. The highest BCUT2D eigenvalue weighted by Crippen LogP contribution is 2.45. The van der Waals surface area contributed by atoms with Crippen molar-refractivity contribution in [1.82, 2.24) is 4.90 Å². The van der Waals surface area contributed by atoms with Gasteiger partial charge in [-0.25, -0.2) is 0 Å². The van der Waals surface area contributed by atoms with Gasteiger partial charge in [-0.05, 0) is 18.4 Å². The van der Waals surface area contributed by atoms with Crippen molar-refractivity contribution >= 4 is 5.91 Å². The Morgan fingerprint density at radius 2 is 2.00 bits per heavy atom. The number of ether oxygens (including phenoxy) is 1. The second-order valence-electron chi connectivity index (χ2n) is 5.31. The van der Waals surface area contributed by atoms with Crippen LogP contribution < -0.4 is 0 Å². The third-order valence-corrected chi connectivity index (χ3v) is 4.17. The molecule has 1 aliphatic rings. The minimum absolute atomic E-state index is 0.0136. The maximum absolute atomic E-state index is 12.9. The molecule has 1 aromatic rings. The second-order valence-corrected chi connectivity index (χ2v) is 5.31. The average Bonchev–Trinajstić information content (AvgIpc) is 2.43. The van der Waals surface area contributed by atoms with E-state index in [9.17, 15) is 9.90 Å². The van der Waals surface area contributed by atoms with Gasteiger partial charge in [0, 0.05) is 20.2 Å². The number of hydrogen-bond donors (Lipinski definition) is 1. The van der Waals surface area contributed by atoms with E-state index >= 15 is 0 Å². The third-order valence-electron chi connectivity index (χ3n) is 4.17. The molecule has 1 N–H and O–H groups in total. The maximum atomic E-state index is 12.9. The molecular weight excluding hydrogens is 254 g/mol. The molecule has 4 nitrogen and oxygen atoms in total. The molecule has 0 aromatic heterocycles. The Balaban J connectivity index is 2.19. The topological polar surface area (TPSA) is 49.8 Å². The highest BCUT2D eigenvalue weighted by molar-refractivity contribution is 5.89. The zero-order valence-corrected chi connectivity index (χ0v) is 12.0. The van der Waals surface area contributed by atoms with Gasteiger partial charge in [0.05, 0.1) is 18.6 Å². The first-order valence-corrected chi connectivity index (χ1v) is 7.19. The lowest BCUT2D eigenvalue weighted by molar-refractivity contribution is -0.142. The van der Waals surface area contributed by atoms with E-state index in [0.29, 0.717) is 19.7 Å². The summed E-state index contributed by atoms with van der Waals surface area (Å²) in [6.07, 6.45) is 2.87. The molecule has 1 aliphatic carbocycles. The van der Waals surface area contributed by atoms with Crippen LogP contribution in [0.4, 0.5) is 0 Å². The van der Waals surface area contributed by atoms with E-state index in [1.165, 1.54) is 0 Å². The fourth-order valence-electron chi connectivity index (χ4n) is 2.85. The highest BCUT2D eigenvalue weighted by atomic mass is 16.5. The smallest absolute Gasteiger partial charge is 0.233 e. The Labute approximate surface area is 120 Å². The van der Waals surface area contributed by atoms with Crippen LogP contribution in [0.5, 0.6) is 0 Å². The van der Waals surface area contributed by atoms with Crippen molar-refractivity contribution in [1.29, 1.82) is 0 Å². The molecule has 0 atom stereocenters. The predicted molar refractivity (Wildman–Crippen MR) is 77.5 cm³/mol. The number of carbonyl (C=O) groups excluding carboxylic acids is 1. The van der Waals surface area contributed by atoms with E-state index < -0.39 is 0 Å². The van der Waals surface area contributed by atoms with Gasteiger partial charge >= 0.3 is 0 Å². The largest absolute Gasteiger partial charge is 0.395 e. The monoisotopic (exact) mass is 277 g/mol. The zero-order valence-electron chi connectivity index (χ0n) is 12.0. The molecule has 0 spiro atoms. The normalized spacial score (nSPS) is 16.5. The van der Waals surface area contributed by atoms with Gasteiger partial charge in [-0.3, -0.25) is 4.79 Å². The number of carbonyl (C=O) groups is 1. The van der Waals surface area contributed by atoms with Crippen LogP contribution in [0, 0.1) is 0 Å². The van der Waals surface area contributed by atoms with Crippen molar-refractivity contribution in [2.75, 3.05) is 33.4 Å². The van der Waals surface area contributed by atoms with Gasteiger partial charge in [0.15, 0.2) is 0 Å². The minimum atomic E-state index is -0.385. The van der Waals surface area contributed by atoms with Crippen molar-refractivity contribution in [2.45, 2.75) is 24.7 Å². The number of rotatable bonds is 7. The summed E-state index contributed by atoms with van der Waals surface area (Å²) in [4.78, 5) is 14.6. The molecule has 20 heavy (non-hydrogen) atoms. The summed E-state index contributed by atoms with van der Waals surface area (Å²) >= 11 is 0. The molecule has 2 rings (SSSR count). The Bertz CT molecular complexity index is 429. The van der Waals surface area contributed by atoms with Gasteiger partial charge in [-0.1, -0.05) is 36.8 Å². The van der Waals surface area contributed by atoms with Crippen LogP contribution in [-0.4, -0.2) is 49.3 Å². The van der Waals surface area contributed by atoms with Gasteiger partial charge < -0.3 is 14.7 Å². The second kappa shape index (κ2) is 6.86. The lowest BCUT2D eigenvalue weighted by Gasteiger charge is -2.44. The van der Waals surface area contributed by atoms with Gasteiger partial charge in [-0.15, -0.1) is 0 Å². The summed E-state index contributed by atoms with van der Waals surface area (Å²) in [6, 6.07) is 9.99. The average molecular weight is 277 g/mol. The summed E-state index contributed by atoms with van der Waals surface area (Å²) in [5.74, 6) is 0.126. The molecule has 0 heterocycles. The molecule has 1 aromatic carbocycles. The summed E-state index contributed by atoms with van der Waals surface area (Å²) < 4.78 is 5.06. The van der Waals surface area contributed by atoms with E-state index in [1.807, 2.05) is 30.3 Å². The lowest BCUT2D eigenvalue weighted by atomic mass is 9.63. The van der Waals surface area contributed by atoms with Crippen molar-refractivity contribution in [3.8, 4) is 0 Å². The molecule has 0 bridgehead atoms. The summed E-state index contributed by atoms with van der Waals surface area (Å²) in [6.45, 7) is 1.39. The summed E-state index contributed by atoms with van der Waals surface area (Å²) in [7, 11) is 1.62. The van der Waals surface area contributed by atoms with Crippen molar-refractivity contribution in [2.24, 2.45) is 0 Å². The Morgan fingerprint density at radius 3 is 2.50 bits per heavy atom. The van der Waals surface area contributed by atoms with Crippen LogP contribution in [0.15, 0.2) is 30.3 Å². The zero-order chi connectivity index (χ0) is 14.4. The molecule has 0 unspecified atom stereocenters. The fourth-order valence-corrected chi connectivity index (χ4v) is 2.85. The predicted octanol–water partition coefficient (Wildman–Crippen LogP) is 1.58. The molecule has 1 fully saturated rings.